The van der Waals surface area contributed by atoms with E-state index in [1.54, 1.807) is 0 Å². The van der Waals surface area contributed by atoms with E-state index in [0.717, 1.165) is 28.4 Å². The van der Waals surface area contributed by atoms with Crippen LogP contribution in [0.3, 0.4) is 0 Å². The number of aryl methyl sites for hydroxylation is 1. The summed E-state index contributed by atoms with van der Waals surface area (Å²) in [7, 11) is 0. The van der Waals surface area contributed by atoms with Gasteiger partial charge in [0.2, 0.25) is 5.91 Å². The van der Waals surface area contributed by atoms with Gasteiger partial charge in [0.25, 0.3) is 0 Å². The predicted molar refractivity (Wildman–Crippen MR) is 111 cm³/mol. The van der Waals surface area contributed by atoms with Gasteiger partial charge in [0.15, 0.2) is 0 Å². The van der Waals surface area contributed by atoms with E-state index >= 15 is 0 Å². The number of nitrogens with one attached hydrogen (secondary N) is 1. The first-order valence-electron chi connectivity index (χ1n) is 8.75. The van der Waals surface area contributed by atoms with Gasteiger partial charge in [-0.3, -0.25) is 9.48 Å². The molecule has 0 aliphatic heterocycles. The lowest BCUT2D eigenvalue weighted by atomic mass is 10.2. The van der Waals surface area contributed by atoms with E-state index in [0.29, 0.717) is 17.3 Å². The normalized spacial score (nSPS) is 10.8. The summed E-state index contributed by atoms with van der Waals surface area (Å²) >= 11 is 7.45. The minimum atomic E-state index is -0.00501. The second-order valence-electron chi connectivity index (χ2n) is 6.32. The van der Waals surface area contributed by atoms with Gasteiger partial charge in [0, 0.05) is 27.7 Å². The molecule has 3 aromatic rings. The van der Waals surface area contributed by atoms with E-state index in [1.165, 1.54) is 17.3 Å². The Hall–Kier alpha value is -2.24. The summed E-state index contributed by atoms with van der Waals surface area (Å²) in [5, 5.41) is 8.31. The smallest absolute Gasteiger partial charge is 0.230 e. The molecule has 0 bridgehead atoms. The highest BCUT2D eigenvalue weighted by molar-refractivity contribution is 8.00. The Kier molecular flexibility index (Phi) is 6.58. The lowest BCUT2D eigenvalue weighted by molar-refractivity contribution is -0.118. The third-order valence-corrected chi connectivity index (χ3v) is 5.56. The fraction of sp³-hybridized carbons (Fsp3) is 0.238. The van der Waals surface area contributed by atoms with Crippen molar-refractivity contribution in [2.24, 2.45) is 0 Å². The molecule has 1 heterocycles. The summed E-state index contributed by atoms with van der Waals surface area (Å²) in [5.41, 5.74) is 4.31. The lowest BCUT2D eigenvalue weighted by Crippen LogP contribution is -2.25. The quantitative estimate of drug-likeness (QED) is 0.590. The topological polar surface area (TPSA) is 46.9 Å². The van der Waals surface area contributed by atoms with Crippen LogP contribution in [0.15, 0.2) is 59.5 Å². The van der Waals surface area contributed by atoms with Crippen molar-refractivity contribution in [3.8, 4) is 0 Å². The van der Waals surface area contributed by atoms with Crippen molar-refractivity contribution in [2.75, 3.05) is 5.75 Å². The van der Waals surface area contributed by atoms with Crippen LogP contribution in [0.5, 0.6) is 0 Å². The zero-order valence-corrected chi connectivity index (χ0v) is 17.0. The molecule has 0 saturated heterocycles. The number of rotatable bonds is 7. The minimum Gasteiger partial charge on any atom is -0.351 e. The number of carbonyl (C=O) groups excluding carboxylic acids is 1. The number of halogens is 1. The summed E-state index contributed by atoms with van der Waals surface area (Å²) in [6, 6.07) is 17.8. The fourth-order valence-electron chi connectivity index (χ4n) is 2.84. The molecule has 2 aromatic carbocycles. The standard InChI is InChI=1S/C21H22ClN3OS/c1-15-20(16(2)25(24-15)13-17-7-4-3-5-8-17)12-23-21(26)14-27-19-10-6-9-18(22)11-19/h3-11H,12-14H2,1-2H3,(H,23,26). The second-order valence-corrected chi connectivity index (χ2v) is 7.80. The Labute approximate surface area is 168 Å². The summed E-state index contributed by atoms with van der Waals surface area (Å²) in [5.74, 6) is 0.353. The van der Waals surface area contributed by atoms with Crippen molar-refractivity contribution in [1.29, 1.82) is 0 Å². The van der Waals surface area contributed by atoms with Gasteiger partial charge < -0.3 is 5.32 Å². The molecule has 1 N–H and O–H groups in total. The average molecular weight is 400 g/mol. The SMILES string of the molecule is Cc1nn(Cc2ccccc2)c(C)c1CNC(=O)CSc1cccc(Cl)c1. The summed E-state index contributed by atoms with van der Waals surface area (Å²) in [6.07, 6.45) is 0. The highest BCUT2D eigenvalue weighted by Gasteiger charge is 2.13. The Bertz CT molecular complexity index is 924. The summed E-state index contributed by atoms with van der Waals surface area (Å²) in [6.45, 7) is 5.25. The molecule has 0 saturated carbocycles. The van der Waals surface area contributed by atoms with Crippen LogP contribution in [-0.2, 0) is 17.9 Å². The highest BCUT2D eigenvalue weighted by Crippen LogP contribution is 2.21. The van der Waals surface area contributed by atoms with Crippen molar-refractivity contribution < 1.29 is 4.79 Å². The molecule has 4 nitrogen and oxygen atoms in total. The van der Waals surface area contributed by atoms with Gasteiger partial charge in [0.05, 0.1) is 18.0 Å². The maximum atomic E-state index is 12.2. The van der Waals surface area contributed by atoms with Crippen LogP contribution in [0.1, 0.15) is 22.5 Å². The van der Waals surface area contributed by atoms with Crippen LogP contribution in [-0.4, -0.2) is 21.4 Å². The first-order chi connectivity index (χ1) is 13.0. The molecule has 140 valence electrons. The van der Waals surface area contributed by atoms with Gasteiger partial charge in [0.1, 0.15) is 0 Å². The Morgan fingerprint density at radius 3 is 2.67 bits per heavy atom. The van der Waals surface area contributed by atoms with Crippen LogP contribution in [0, 0.1) is 13.8 Å². The minimum absolute atomic E-state index is 0.00501. The zero-order chi connectivity index (χ0) is 19.2. The van der Waals surface area contributed by atoms with Crippen LogP contribution >= 0.6 is 23.4 Å². The van der Waals surface area contributed by atoms with Crippen molar-refractivity contribution in [3.05, 3.63) is 82.1 Å². The number of hydrogen-bond donors (Lipinski definition) is 1. The molecular weight excluding hydrogens is 378 g/mol. The van der Waals surface area contributed by atoms with E-state index in [4.69, 9.17) is 11.6 Å². The van der Waals surface area contributed by atoms with Gasteiger partial charge in [-0.2, -0.15) is 5.10 Å². The predicted octanol–water partition coefficient (Wildman–Crippen LogP) is 4.61. The zero-order valence-electron chi connectivity index (χ0n) is 15.4. The number of benzene rings is 2. The molecule has 3 rings (SSSR count). The van der Waals surface area contributed by atoms with Crippen molar-refractivity contribution in [3.63, 3.8) is 0 Å². The highest BCUT2D eigenvalue weighted by atomic mass is 35.5. The third-order valence-electron chi connectivity index (χ3n) is 4.33. The van der Waals surface area contributed by atoms with E-state index in [9.17, 15) is 4.79 Å². The van der Waals surface area contributed by atoms with Crippen LogP contribution < -0.4 is 5.32 Å². The number of aromatic nitrogens is 2. The third kappa shape index (κ3) is 5.37. The Morgan fingerprint density at radius 2 is 1.93 bits per heavy atom. The number of nitrogens with zero attached hydrogens (tertiary/aromatic N) is 2. The van der Waals surface area contributed by atoms with Gasteiger partial charge >= 0.3 is 0 Å². The van der Waals surface area contributed by atoms with E-state index in [1.807, 2.05) is 61.0 Å². The van der Waals surface area contributed by atoms with Crippen LogP contribution in [0.25, 0.3) is 0 Å². The first kappa shape index (κ1) is 19.5. The average Bonchev–Trinajstić information content (AvgIpc) is 2.92. The lowest BCUT2D eigenvalue weighted by Gasteiger charge is -2.08. The van der Waals surface area contributed by atoms with Crippen LogP contribution in [0.4, 0.5) is 0 Å². The van der Waals surface area contributed by atoms with E-state index < -0.39 is 0 Å². The molecule has 0 atom stereocenters. The second kappa shape index (κ2) is 9.11. The van der Waals surface area contributed by atoms with Crippen molar-refractivity contribution in [1.82, 2.24) is 15.1 Å². The molecule has 27 heavy (non-hydrogen) atoms. The molecule has 0 unspecified atom stereocenters. The number of hydrogen-bond acceptors (Lipinski definition) is 3. The molecule has 6 heteroatoms. The van der Waals surface area contributed by atoms with Crippen molar-refractivity contribution in [2.45, 2.75) is 31.8 Å². The fourth-order valence-corrected chi connectivity index (χ4v) is 3.88. The maximum Gasteiger partial charge on any atom is 0.230 e. The summed E-state index contributed by atoms with van der Waals surface area (Å²) in [4.78, 5) is 13.2. The largest absolute Gasteiger partial charge is 0.351 e. The molecule has 0 aliphatic carbocycles. The van der Waals surface area contributed by atoms with E-state index in [2.05, 4.69) is 22.5 Å². The van der Waals surface area contributed by atoms with Crippen molar-refractivity contribution >= 4 is 29.3 Å². The molecular formula is C21H22ClN3OS. The van der Waals surface area contributed by atoms with E-state index in [-0.39, 0.29) is 5.91 Å². The van der Waals surface area contributed by atoms with Gasteiger partial charge in [-0.25, -0.2) is 0 Å². The molecule has 1 amide bonds. The van der Waals surface area contributed by atoms with Gasteiger partial charge in [-0.1, -0.05) is 48.0 Å². The first-order valence-corrected chi connectivity index (χ1v) is 10.1. The van der Waals surface area contributed by atoms with Crippen LogP contribution in [0.2, 0.25) is 5.02 Å². The van der Waals surface area contributed by atoms with Gasteiger partial charge in [-0.15, -0.1) is 11.8 Å². The molecule has 0 fully saturated rings. The Balaban J connectivity index is 1.56. The summed E-state index contributed by atoms with van der Waals surface area (Å²) < 4.78 is 1.99. The monoisotopic (exact) mass is 399 g/mol. The number of amides is 1. The molecule has 1 aromatic heterocycles. The maximum absolute atomic E-state index is 12.2. The molecule has 0 spiro atoms. The van der Waals surface area contributed by atoms with Gasteiger partial charge in [-0.05, 0) is 37.6 Å². The number of thioether (sulfide) groups is 1. The molecule has 0 radical (unpaired) electrons. The Morgan fingerprint density at radius 1 is 1.15 bits per heavy atom. The molecule has 0 aliphatic rings. The number of carbonyl (C=O) groups is 1.